The summed E-state index contributed by atoms with van der Waals surface area (Å²) in [6.45, 7) is 0. The summed E-state index contributed by atoms with van der Waals surface area (Å²) in [5.74, 6) is -8.79. The zero-order valence-electron chi connectivity index (χ0n) is 8.27. The number of rotatable bonds is 3. The van der Waals surface area contributed by atoms with E-state index in [0.29, 0.717) is 0 Å². The van der Waals surface area contributed by atoms with Crippen molar-refractivity contribution in [2.24, 2.45) is 0 Å². The molecule has 0 aromatic heterocycles. The van der Waals surface area contributed by atoms with Crippen molar-refractivity contribution in [3.05, 3.63) is 0 Å². The second kappa shape index (κ2) is 5.19. The van der Waals surface area contributed by atoms with E-state index in [1.807, 2.05) is 0 Å². The maximum Gasteiger partial charge on any atom is 0.483 e. The molecule has 1 aliphatic carbocycles. The second-order valence-corrected chi connectivity index (χ2v) is 4.60. The van der Waals surface area contributed by atoms with Gasteiger partial charge in [0.05, 0.1) is 0 Å². The zero-order chi connectivity index (χ0) is 12.3. The van der Waals surface area contributed by atoms with Crippen LogP contribution in [0.25, 0.3) is 0 Å². The lowest BCUT2D eigenvalue weighted by atomic mass is 10.8. The lowest BCUT2D eigenvalue weighted by Crippen LogP contribution is -2.21. The maximum atomic E-state index is 11.2. The van der Waals surface area contributed by atoms with Gasteiger partial charge in [-0.15, -0.1) is 0 Å². The van der Waals surface area contributed by atoms with Crippen LogP contribution in [0.1, 0.15) is 0 Å². The van der Waals surface area contributed by atoms with E-state index in [4.69, 9.17) is 13.3 Å². The lowest BCUT2D eigenvalue weighted by molar-refractivity contribution is -0.0278. The van der Waals surface area contributed by atoms with Gasteiger partial charge in [0.1, 0.15) is 0 Å². The molecule has 1 fully saturated rings. The Bertz CT molecular complexity index is 180. The third-order valence-electron chi connectivity index (χ3n) is 1.58. The van der Waals surface area contributed by atoms with Crippen LogP contribution in [0.15, 0.2) is 0 Å². The molecule has 1 rings (SSSR count). The SMILES string of the molecule is CO[SiH](OC)OC.FC1C(F)(F)C1(F)F. The molecule has 0 spiro atoms. The summed E-state index contributed by atoms with van der Waals surface area (Å²) in [5, 5.41) is 0. The van der Waals surface area contributed by atoms with Crippen LogP contribution >= 0.6 is 0 Å². The number of hydrogen-bond acceptors (Lipinski definition) is 3. The van der Waals surface area contributed by atoms with E-state index in [-0.39, 0.29) is 0 Å². The van der Waals surface area contributed by atoms with Crippen molar-refractivity contribution in [3.63, 3.8) is 0 Å². The van der Waals surface area contributed by atoms with E-state index in [1.54, 1.807) is 21.3 Å². The largest absolute Gasteiger partial charge is 0.483 e. The highest BCUT2D eigenvalue weighted by Gasteiger charge is 2.87. The van der Waals surface area contributed by atoms with E-state index in [9.17, 15) is 22.0 Å². The summed E-state index contributed by atoms with van der Waals surface area (Å²) < 4.78 is 70.1. The van der Waals surface area contributed by atoms with Gasteiger partial charge in [0, 0.05) is 21.3 Å². The minimum absolute atomic E-state index is 1.57. The standard InChI is InChI=1S/C3HF5.C3H10O3Si/c4-1-2(5,6)3(1,7)8;1-4-7(5-2)6-3/h1H;7H,1-3H3. The average molecular weight is 254 g/mol. The second-order valence-electron chi connectivity index (χ2n) is 2.60. The van der Waals surface area contributed by atoms with Crippen molar-refractivity contribution in [1.82, 2.24) is 0 Å². The molecule has 0 atom stereocenters. The Morgan fingerprint density at radius 1 is 0.867 bits per heavy atom. The van der Waals surface area contributed by atoms with Crippen LogP contribution in [0.2, 0.25) is 0 Å². The van der Waals surface area contributed by atoms with E-state index in [1.165, 1.54) is 0 Å². The predicted octanol–water partition coefficient (Wildman–Crippen LogP) is 1.25. The van der Waals surface area contributed by atoms with E-state index < -0.39 is 27.5 Å². The molecule has 3 nitrogen and oxygen atoms in total. The van der Waals surface area contributed by atoms with Gasteiger partial charge in [-0.1, -0.05) is 0 Å². The van der Waals surface area contributed by atoms with Crippen LogP contribution in [0.3, 0.4) is 0 Å². The fourth-order valence-electron chi connectivity index (χ4n) is 0.594. The molecule has 0 amide bonds. The first-order valence-electron chi connectivity index (χ1n) is 3.73. The van der Waals surface area contributed by atoms with Gasteiger partial charge in [-0.3, -0.25) is 0 Å². The van der Waals surface area contributed by atoms with Crippen molar-refractivity contribution in [2.75, 3.05) is 21.3 Å². The van der Waals surface area contributed by atoms with Crippen molar-refractivity contribution < 1.29 is 35.2 Å². The van der Waals surface area contributed by atoms with Gasteiger partial charge in [0.2, 0.25) is 6.17 Å². The summed E-state index contributed by atoms with van der Waals surface area (Å²) in [5.41, 5.74) is 0. The first-order valence-corrected chi connectivity index (χ1v) is 5.15. The summed E-state index contributed by atoms with van der Waals surface area (Å²) in [6, 6.07) is 0. The summed E-state index contributed by atoms with van der Waals surface area (Å²) in [7, 11) is 3.05. The Balaban J connectivity index is 0.000000265. The molecule has 0 aromatic carbocycles. The van der Waals surface area contributed by atoms with E-state index in [2.05, 4.69) is 0 Å². The third kappa shape index (κ3) is 3.10. The molecule has 9 heteroatoms. The van der Waals surface area contributed by atoms with Crippen LogP contribution in [-0.4, -0.2) is 48.9 Å². The Labute approximate surface area is 85.1 Å². The van der Waals surface area contributed by atoms with Gasteiger partial charge in [-0.2, -0.15) is 17.6 Å². The molecular formula is C6H11F5O3Si. The predicted molar refractivity (Wildman–Crippen MR) is 43.0 cm³/mol. The average Bonchev–Trinajstić information content (AvgIpc) is 2.52. The van der Waals surface area contributed by atoms with Crippen LogP contribution < -0.4 is 0 Å². The lowest BCUT2D eigenvalue weighted by Gasteiger charge is -2.05. The highest BCUT2D eigenvalue weighted by molar-refractivity contribution is 6.36. The van der Waals surface area contributed by atoms with Gasteiger partial charge in [0.25, 0.3) is 0 Å². The Hall–Kier alpha value is -0.253. The van der Waals surface area contributed by atoms with Gasteiger partial charge >= 0.3 is 21.4 Å². The maximum absolute atomic E-state index is 11.2. The molecule has 0 bridgehead atoms. The molecule has 0 radical (unpaired) electrons. The van der Waals surface area contributed by atoms with Gasteiger partial charge in [-0.05, 0) is 0 Å². The van der Waals surface area contributed by atoms with Crippen LogP contribution in [-0.2, 0) is 13.3 Å². The molecule has 0 N–H and O–H groups in total. The quantitative estimate of drug-likeness (QED) is 0.560. The highest BCUT2D eigenvalue weighted by Crippen LogP contribution is 2.58. The first kappa shape index (κ1) is 14.7. The third-order valence-corrected chi connectivity index (χ3v) is 2.73. The summed E-state index contributed by atoms with van der Waals surface area (Å²) >= 11 is 0. The minimum atomic E-state index is -4.40. The summed E-state index contributed by atoms with van der Waals surface area (Å²) in [6.07, 6.45) is -3.25. The summed E-state index contributed by atoms with van der Waals surface area (Å²) in [4.78, 5) is 0. The van der Waals surface area contributed by atoms with Gasteiger partial charge < -0.3 is 13.3 Å². The molecule has 0 aliphatic heterocycles. The minimum Gasteiger partial charge on any atom is -0.379 e. The fourth-order valence-corrected chi connectivity index (χ4v) is 1.17. The first-order chi connectivity index (χ1) is 6.75. The molecule has 15 heavy (non-hydrogen) atoms. The molecule has 0 heterocycles. The zero-order valence-corrected chi connectivity index (χ0v) is 9.42. The van der Waals surface area contributed by atoms with Crippen molar-refractivity contribution in [3.8, 4) is 0 Å². The normalized spacial score (nSPS) is 22.2. The molecule has 0 unspecified atom stereocenters. The number of alkyl halides is 5. The highest BCUT2D eigenvalue weighted by atomic mass is 28.3. The van der Waals surface area contributed by atoms with Crippen LogP contribution in [0, 0.1) is 0 Å². The Morgan fingerprint density at radius 2 is 1.07 bits per heavy atom. The molecular weight excluding hydrogens is 243 g/mol. The fraction of sp³-hybridized carbons (Fsp3) is 1.00. The van der Waals surface area contributed by atoms with Crippen molar-refractivity contribution >= 4 is 9.53 Å². The molecule has 1 saturated carbocycles. The van der Waals surface area contributed by atoms with Crippen LogP contribution in [0.4, 0.5) is 22.0 Å². The molecule has 0 saturated heterocycles. The van der Waals surface area contributed by atoms with Gasteiger partial charge in [-0.25, -0.2) is 4.39 Å². The van der Waals surface area contributed by atoms with Crippen molar-refractivity contribution in [2.45, 2.75) is 18.0 Å². The molecule has 1 aliphatic rings. The molecule has 92 valence electrons. The van der Waals surface area contributed by atoms with Crippen molar-refractivity contribution in [1.29, 1.82) is 0 Å². The van der Waals surface area contributed by atoms with Gasteiger partial charge in [0.15, 0.2) is 0 Å². The number of hydrogen-bond donors (Lipinski definition) is 0. The Kier molecular flexibility index (Phi) is 5.10. The Morgan fingerprint density at radius 3 is 1.07 bits per heavy atom. The topological polar surface area (TPSA) is 27.7 Å². The smallest absolute Gasteiger partial charge is 0.379 e. The molecule has 0 aromatic rings. The van der Waals surface area contributed by atoms with Crippen LogP contribution in [0.5, 0.6) is 0 Å². The monoisotopic (exact) mass is 254 g/mol. The van der Waals surface area contributed by atoms with E-state index in [0.717, 1.165) is 0 Å². The van der Waals surface area contributed by atoms with E-state index >= 15 is 0 Å². The number of halogens is 5.